The van der Waals surface area contributed by atoms with Crippen LogP contribution in [-0.4, -0.2) is 14.8 Å². The van der Waals surface area contributed by atoms with E-state index in [2.05, 4.69) is 56.6 Å². The summed E-state index contributed by atoms with van der Waals surface area (Å²) in [7, 11) is 1.94. The molecule has 1 aromatic carbocycles. The zero-order chi connectivity index (χ0) is 13.1. The van der Waals surface area contributed by atoms with E-state index in [4.69, 9.17) is 0 Å². The largest absolute Gasteiger partial charge is 0.381 e. The summed E-state index contributed by atoms with van der Waals surface area (Å²) in [5.41, 5.74) is 3.49. The molecule has 0 unspecified atom stereocenters. The van der Waals surface area contributed by atoms with Gasteiger partial charge in [-0.05, 0) is 46.7 Å². The van der Waals surface area contributed by atoms with Crippen LogP contribution in [0.15, 0.2) is 47.4 Å². The summed E-state index contributed by atoms with van der Waals surface area (Å²) in [6.45, 7) is 0.854. The highest BCUT2D eigenvalue weighted by Gasteiger charge is 2.03. The first-order valence-corrected chi connectivity index (χ1v) is 6.96. The van der Waals surface area contributed by atoms with Gasteiger partial charge in [-0.1, -0.05) is 0 Å². The highest BCUT2D eigenvalue weighted by molar-refractivity contribution is 7.07. The molecule has 3 aromatic rings. The minimum Gasteiger partial charge on any atom is -0.381 e. The molecule has 0 fully saturated rings. The average molecular weight is 270 g/mol. The minimum atomic E-state index is 0.854. The van der Waals surface area contributed by atoms with E-state index in [1.165, 1.54) is 5.56 Å². The van der Waals surface area contributed by atoms with Gasteiger partial charge in [-0.3, -0.25) is 0 Å². The minimum absolute atomic E-state index is 0.854. The zero-order valence-corrected chi connectivity index (χ0v) is 11.4. The van der Waals surface area contributed by atoms with Crippen LogP contribution in [0.2, 0.25) is 0 Å². The van der Waals surface area contributed by atoms with Gasteiger partial charge in [0.15, 0.2) is 5.82 Å². The Balaban J connectivity index is 1.71. The van der Waals surface area contributed by atoms with Gasteiger partial charge in [-0.2, -0.15) is 11.3 Å². The SMILES string of the molecule is Cn1cnnc1-c1ccc(NCc2ccsc2)cc1. The lowest BCUT2D eigenvalue weighted by Crippen LogP contribution is -1.98. The third-order valence-electron chi connectivity index (χ3n) is 2.93. The van der Waals surface area contributed by atoms with Gasteiger partial charge in [-0.15, -0.1) is 10.2 Å². The normalized spacial score (nSPS) is 10.6. The fourth-order valence-electron chi connectivity index (χ4n) is 1.88. The summed E-state index contributed by atoms with van der Waals surface area (Å²) in [4.78, 5) is 0. The Morgan fingerprint density at radius 3 is 2.68 bits per heavy atom. The van der Waals surface area contributed by atoms with Crippen LogP contribution in [0, 0.1) is 0 Å². The van der Waals surface area contributed by atoms with E-state index in [-0.39, 0.29) is 0 Å². The molecule has 0 atom stereocenters. The number of anilines is 1. The van der Waals surface area contributed by atoms with Crippen molar-refractivity contribution in [3.63, 3.8) is 0 Å². The zero-order valence-electron chi connectivity index (χ0n) is 10.6. The van der Waals surface area contributed by atoms with Gasteiger partial charge >= 0.3 is 0 Å². The van der Waals surface area contributed by atoms with Gasteiger partial charge in [0.1, 0.15) is 6.33 Å². The lowest BCUT2D eigenvalue weighted by molar-refractivity contribution is 0.920. The molecule has 3 rings (SSSR count). The van der Waals surface area contributed by atoms with Crippen molar-refractivity contribution in [1.29, 1.82) is 0 Å². The Bertz CT molecular complexity index is 640. The molecular weight excluding hydrogens is 256 g/mol. The van der Waals surface area contributed by atoms with Crippen molar-refractivity contribution in [2.45, 2.75) is 6.54 Å². The van der Waals surface area contributed by atoms with E-state index in [1.54, 1.807) is 17.7 Å². The third kappa shape index (κ3) is 2.66. The molecule has 0 aliphatic carbocycles. The summed E-state index contributed by atoms with van der Waals surface area (Å²) < 4.78 is 1.91. The predicted molar refractivity (Wildman–Crippen MR) is 78.1 cm³/mol. The van der Waals surface area contributed by atoms with Crippen LogP contribution < -0.4 is 5.32 Å². The van der Waals surface area contributed by atoms with Crippen LogP contribution in [0.3, 0.4) is 0 Å². The van der Waals surface area contributed by atoms with Crippen LogP contribution in [-0.2, 0) is 13.6 Å². The van der Waals surface area contributed by atoms with Crippen LogP contribution in [0.4, 0.5) is 5.69 Å². The number of nitrogens with one attached hydrogen (secondary N) is 1. The van der Waals surface area contributed by atoms with E-state index in [0.717, 1.165) is 23.6 Å². The molecule has 4 nitrogen and oxygen atoms in total. The Kier molecular flexibility index (Phi) is 3.29. The molecule has 0 aliphatic heterocycles. The average Bonchev–Trinajstić information content (AvgIpc) is 3.08. The highest BCUT2D eigenvalue weighted by atomic mass is 32.1. The van der Waals surface area contributed by atoms with Gasteiger partial charge in [-0.25, -0.2) is 0 Å². The maximum atomic E-state index is 4.10. The van der Waals surface area contributed by atoms with Crippen LogP contribution in [0.5, 0.6) is 0 Å². The molecule has 5 heteroatoms. The van der Waals surface area contributed by atoms with Crippen molar-refractivity contribution in [3.05, 3.63) is 53.0 Å². The molecule has 0 saturated carbocycles. The van der Waals surface area contributed by atoms with E-state index < -0.39 is 0 Å². The smallest absolute Gasteiger partial charge is 0.163 e. The second-order valence-electron chi connectivity index (χ2n) is 4.33. The molecule has 2 aromatic heterocycles. The van der Waals surface area contributed by atoms with Crippen molar-refractivity contribution in [2.75, 3.05) is 5.32 Å². The Morgan fingerprint density at radius 2 is 2.05 bits per heavy atom. The number of aryl methyl sites for hydroxylation is 1. The maximum absolute atomic E-state index is 4.10. The number of nitrogens with zero attached hydrogens (tertiary/aromatic N) is 3. The molecule has 19 heavy (non-hydrogen) atoms. The molecule has 2 heterocycles. The summed E-state index contributed by atoms with van der Waals surface area (Å²) >= 11 is 1.72. The highest BCUT2D eigenvalue weighted by Crippen LogP contribution is 2.19. The van der Waals surface area contributed by atoms with E-state index in [1.807, 2.05) is 11.6 Å². The molecule has 1 N–H and O–H groups in total. The van der Waals surface area contributed by atoms with Crippen molar-refractivity contribution in [3.8, 4) is 11.4 Å². The number of benzene rings is 1. The first kappa shape index (κ1) is 11.9. The maximum Gasteiger partial charge on any atom is 0.163 e. The lowest BCUT2D eigenvalue weighted by atomic mass is 10.2. The summed E-state index contributed by atoms with van der Waals surface area (Å²) in [6, 6.07) is 10.4. The fourth-order valence-corrected chi connectivity index (χ4v) is 2.55. The quantitative estimate of drug-likeness (QED) is 0.792. The van der Waals surface area contributed by atoms with Crippen molar-refractivity contribution >= 4 is 17.0 Å². The van der Waals surface area contributed by atoms with Crippen LogP contribution in [0.25, 0.3) is 11.4 Å². The monoisotopic (exact) mass is 270 g/mol. The molecule has 0 spiro atoms. The van der Waals surface area contributed by atoms with Crippen molar-refractivity contribution in [1.82, 2.24) is 14.8 Å². The Hall–Kier alpha value is -2.14. The lowest BCUT2D eigenvalue weighted by Gasteiger charge is -2.06. The number of rotatable bonds is 4. The molecule has 96 valence electrons. The third-order valence-corrected chi connectivity index (χ3v) is 3.66. The number of thiophene rings is 1. The standard InChI is InChI=1S/C14H14N4S/c1-18-10-16-17-14(18)12-2-4-13(5-3-12)15-8-11-6-7-19-9-11/h2-7,9-10,15H,8H2,1H3. The van der Waals surface area contributed by atoms with Crippen molar-refractivity contribution < 1.29 is 0 Å². The molecule has 0 bridgehead atoms. The summed E-state index contributed by atoms with van der Waals surface area (Å²) in [5, 5.41) is 15.6. The van der Waals surface area contributed by atoms with E-state index in [0.29, 0.717) is 0 Å². The first-order valence-electron chi connectivity index (χ1n) is 6.02. The first-order chi connectivity index (χ1) is 9.33. The van der Waals surface area contributed by atoms with E-state index in [9.17, 15) is 0 Å². The number of aromatic nitrogens is 3. The number of hydrogen-bond donors (Lipinski definition) is 1. The van der Waals surface area contributed by atoms with Gasteiger partial charge in [0, 0.05) is 24.8 Å². The summed E-state index contributed by atoms with van der Waals surface area (Å²) in [6.07, 6.45) is 1.71. The fraction of sp³-hybridized carbons (Fsp3) is 0.143. The molecule has 0 saturated heterocycles. The van der Waals surface area contributed by atoms with Gasteiger partial charge in [0.25, 0.3) is 0 Å². The molecule has 0 aliphatic rings. The van der Waals surface area contributed by atoms with Gasteiger partial charge in [0.05, 0.1) is 0 Å². The Labute approximate surface area is 115 Å². The second-order valence-corrected chi connectivity index (χ2v) is 5.11. The van der Waals surface area contributed by atoms with Crippen molar-refractivity contribution in [2.24, 2.45) is 7.05 Å². The number of hydrogen-bond acceptors (Lipinski definition) is 4. The molecule has 0 radical (unpaired) electrons. The second kappa shape index (κ2) is 5.24. The van der Waals surface area contributed by atoms with Crippen LogP contribution in [0.1, 0.15) is 5.56 Å². The molecule has 0 amide bonds. The Morgan fingerprint density at radius 1 is 1.21 bits per heavy atom. The van der Waals surface area contributed by atoms with E-state index >= 15 is 0 Å². The van der Waals surface area contributed by atoms with Gasteiger partial charge < -0.3 is 9.88 Å². The topological polar surface area (TPSA) is 42.7 Å². The van der Waals surface area contributed by atoms with Gasteiger partial charge in [0.2, 0.25) is 0 Å². The van der Waals surface area contributed by atoms with Crippen LogP contribution >= 0.6 is 11.3 Å². The predicted octanol–water partition coefficient (Wildman–Crippen LogP) is 3.16. The summed E-state index contributed by atoms with van der Waals surface area (Å²) in [5.74, 6) is 0.879. The molecular formula is C14H14N4S.